The average Bonchev–Trinajstić information content (AvgIpc) is 2.40. The maximum absolute atomic E-state index is 11.1. The van der Waals surface area contributed by atoms with E-state index in [1.807, 2.05) is 6.92 Å². The summed E-state index contributed by atoms with van der Waals surface area (Å²) in [6, 6.07) is 0. The van der Waals surface area contributed by atoms with E-state index in [1.165, 1.54) is 13.0 Å². The topological polar surface area (TPSA) is 69.8 Å². The number of hydrogen-bond acceptors (Lipinski definition) is 4. The van der Waals surface area contributed by atoms with Crippen LogP contribution in [0, 0.1) is 0 Å². The largest absolute Gasteiger partial charge is 0.480 e. The molecule has 5 nitrogen and oxygen atoms in total. The van der Waals surface area contributed by atoms with Crippen molar-refractivity contribution in [2.45, 2.75) is 45.1 Å². The van der Waals surface area contributed by atoms with Crippen molar-refractivity contribution < 1.29 is 9.90 Å². The lowest BCUT2D eigenvalue weighted by molar-refractivity contribution is -0.143. The average molecular weight is 271 g/mol. The molecule has 3 N–H and O–H groups in total. The summed E-state index contributed by atoms with van der Waals surface area (Å²) in [5.74, 6) is -0.872. The summed E-state index contributed by atoms with van der Waals surface area (Å²) in [7, 11) is 0. The van der Waals surface area contributed by atoms with E-state index in [9.17, 15) is 4.79 Å². The maximum Gasteiger partial charge on any atom is 0.323 e. The molecule has 0 aromatic carbocycles. The van der Waals surface area contributed by atoms with Crippen LogP contribution in [0.2, 0.25) is 0 Å². The summed E-state index contributed by atoms with van der Waals surface area (Å²) in [5.41, 5.74) is 4.85. The van der Waals surface area contributed by atoms with Crippen molar-refractivity contribution in [2.75, 3.05) is 39.3 Å². The molecule has 0 aliphatic carbocycles. The van der Waals surface area contributed by atoms with Gasteiger partial charge in [0.1, 0.15) is 5.54 Å². The number of carbonyl (C=O) groups is 1. The van der Waals surface area contributed by atoms with Gasteiger partial charge in [-0.2, -0.15) is 0 Å². The number of piperazine rings is 1. The van der Waals surface area contributed by atoms with E-state index in [-0.39, 0.29) is 0 Å². The Labute approximate surface area is 116 Å². The van der Waals surface area contributed by atoms with Gasteiger partial charge in [-0.05, 0) is 38.8 Å². The van der Waals surface area contributed by atoms with Crippen LogP contribution in [-0.2, 0) is 4.79 Å². The number of carboxylic acid groups (broad SMARTS) is 1. The van der Waals surface area contributed by atoms with E-state index < -0.39 is 11.5 Å². The monoisotopic (exact) mass is 271 g/mol. The normalized spacial score (nSPS) is 21.2. The van der Waals surface area contributed by atoms with E-state index in [0.717, 1.165) is 39.1 Å². The minimum Gasteiger partial charge on any atom is -0.480 e. The van der Waals surface area contributed by atoms with Gasteiger partial charge in [-0.15, -0.1) is 0 Å². The van der Waals surface area contributed by atoms with Crippen molar-refractivity contribution in [3.63, 3.8) is 0 Å². The highest BCUT2D eigenvalue weighted by molar-refractivity contribution is 5.78. The van der Waals surface area contributed by atoms with Crippen LogP contribution < -0.4 is 5.73 Å². The van der Waals surface area contributed by atoms with E-state index in [0.29, 0.717) is 12.8 Å². The number of carboxylic acids is 1. The third-order valence-corrected chi connectivity index (χ3v) is 4.16. The molecular formula is C14H29N3O2. The Balaban J connectivity index is 2.22. The van der Waals surface area contributed by atoms with Gasteiger partial charge in [-0.3, -0.25) is 4.79 Å². The SMILES string of the molecule is CCCN1CCN(CCCC(N)(CC)C(=O)O)CC1. The number of hydrogen-bond donors (Lipinski definition) is 2. The van der Waals surface area contributed by atoms with E-state index >= 15 is 0 Å². The molecule has 1 unspecified atom stereocenters. The Bertz CT molecular complexity index is 278. The molecule has 1 saturated heterocycles. The fraction of sp³-hybridized carbons (Fsp3) is 0.929. The second-order valence-corrected chi connectivity index (χ2v) is 5.60. The second kappa shape index (κ2) is 7.82. The van der Waals surface area contributed by atoms with Crippen LogP contribution in [0.3, 0.4) is 0 Å². The first-order valence-corrected chi connectivity index (χ1v) is 7.49. The lowest BCUT2D eigenvalue weighted by Crippen LogP contribution is -2.49. The molecule has 0 spiro atoms. The molecule has 112 valence electrons. The van der Waals surface area contributed by atoms with Gasteiger partial charge >= 0.3 is 5.97 Å². The van der Waals surface area contributed by atoms with Crippen molar-refractivity contribution in [3.05, 3.63) is 0 Å². The molecule has 5 heteroatoms. The minimum absolute atomic E-state index is 0.493. The zero-order chi connectivity index (χ0) is 14.3. The van der Waals surface area contributed by atoms with Gasteiger partial charge in [-0.25, -0.2) is 0 Å². The lowest BCUT2D eigenvalue weighted by Gasteiger charge is -2.35. The summed E-state index contributed by atoms with van der Waals surface area (Å²) in [4.78, 5) is 16.0. The third-order valence-electron chi connectivity index (χ3n) is 4.16. The first kappa shape index (κ1) is 16.4. The fourth-order valence-corrected chi connectivity index (χ4v) is 2.61. The quantitative estimate of drug-likeness (QED) is 0.689. The molecule has 19 heavy (non-hydrogen) atoms. The molecule has 0 saturated carbocycles. The second-order valence-electron chi connectivity index (χ2n) is 5.60. The van der Waals surface area contributed by atoms with Crippen molar-refractivity contribution in [2.24, 2.45) is 5.73 Å². The van der Waals surface area contributed by atoms with Gasteiger partial charge in [0.05, 0.1) is 0 Å². The standard InChI is InChI=1S/C14H29N3O2/c1-3-7-16-9-11-17(12-10-16)8-5-6-14(15,4-2)13(18)19/h3-12,15H2,1-2H3,(H,18,19). The molecule has 0 radical (unpaired) electrons. The first-order valence-electron chi connectivity index (χ1n) is 7.49. The number of nitrogens with zero attached hydrogens (tertiary/aromatic N) is 2. The van der Waals surface area contributed by atoms with Gasteiger partial charge in [0, 0.05) is 26.2 Å². The number of aliphatic carboxylic acids is 1. The molecule has 1 aliphatic heterocycles. The number of rotatable bonds is 8. The minimum atomic E-state index is -1.04. The predicted octanol–water partition coefficient (Wildman–Crippen LogP) is 0.986. The van der Waals surface area contributed by atoms with Crippen LogP contribution in [0.1, 0.15) is 39.5 Å². The van der Waals surface area contributed by atoms with Crippen molar-refractivity contribution >= 4 is 5.97 Å². The van der Waals surface area contributed by atoms with Crippen LogP contribution in [0.25, 0.3) is 0 Å². The fourth-order valence-electron chi connectivity index (χ4n) is 2.61. The molecule has 1 rings (SSSR count). The first-order chi connectivity index (χ1) is 9.01. The predicted molar refractivity (Wildman–Crippen MR) is 77.3 cm³/mol. The van der Waals surface area contributed by atoms with Gasteiger partial charge < -0.3 is 20.6 Å². The number of nitrogens with two attached hydrogens (primary N) is 1. The summed E-state index contributed by atoms with van der Waals surface area (Å²) in [5, 5.41) is 9.12. The van der Waals surface area contributed by atoms with Gasteiger partial charge in [-0.1, -0.05) is 13.8 Å². The Hall–Kier alpha value is -0.650. The highest BCUT2D eigenvalue weighted by Crippen LogP contribution is 2.15. The van der Waals surface area contributed by atoms with Crippen LogP contribution in [0.5, 0.6) is 0 Å². The maximum atomic E-state index is 11.1. The Kier molecular flexibility index (Phi) is 6.75. The van der Waals surface area contributed by atoms with E-state index in [4.69, 9.17) is 10.8 Å². The van der Waals surface area contributed by atoms with Crippen LogP contribution in [-0.4, -0.2) is 65.7 Å². The van der Waals surface area contributed by atoms with E-state index in [1.54, 1.807) is 0 Å². The molecule has 0 amide bonds. The third kappa shape index (κ3) is 5.09. The van der Waals surface area contributed by atoms with Crippen molar-refractivity contribution in [1.82, 2.24) is 9.80 Å². The molecule has 0 aromatic heterocycles. The highest BCUT2D eigenvalue weighted by Gasteiger charge is 2.31. The van der Waals surface area contributed by atoms with Crippen molar-refractivity contribution in [1.29, 1.82) is 0 Å². The van der Waals surface area contributed by atoms with Gasteiger partial charge in [0.15, 0.2) is 0 Å². The summed E-state index contributed by atoms with van der Waals surface area (Å²) in [6.07, 6.45) is 3.13. The molecular weight excluding hydrogens is 242 g/mol. The summed E-state index contributed by atoms with van der Waals surface area (Å²) in [6.45, 7) is 10.7. The molecule has 0 aromatic rings. The zero-order valence-corrected chi connectivity index (χ0v) is 12.4. The van der Waals surface area contributed by atoms with Gasteiger partial charge in [0.25, 0.3) is 0 Å². The highest BCUT2D eigenvalue weighted by atomic mass is 16.4. The van der Waals surface area contributed by atoms with Crippen LogP contribution >= 0.6 is 0 Å². The Morgan fingerprint density at radius 2 is 1.68 bits per heavy atom. The van der Waals surface area contributed by atoms with Crippen molar-refractivity contribution in [3.8, 4) is 0 Å². The Morgan fingerprint density at radius 3 is 2.11 bits per heavy atom. The van der Waals surface area contributed by atoms with Crippen LogP contribution in [0.15, 0.2) is 0 Å². The molecule has 1 atom stereocenters. The molecule has 1 aliphatic rings. The molecule has 1 fully saturated rings. The molecule has 1 heterocycles. The summed E-state index contributed by atoms with van der Waals surface area (Å²) < 4.78 is 0. The van der Waals surface area contributed by atoms with E-state index in [2.05, 4.69) is 16.7 Å². The van der Waals surface area contributed by atoms with Crippen LogP contribution in [0.4, 0.5) is 0 Å². The van der Waals surface area contributed by atoms with Gasteiger partial charge in [0.2, 0.25) is 0 Å². The molecule has 0 bridgehead atoms. The zero-order valence-electron chi connectivity index (χ0n) is 12.4. The summed E-state index contributed by atoms with van der Waals surface area (Å²) >= 11 is 0. The lowest BCUT2D eigenvalue weighted by atomic mass is 9.92. The Morgan fingerprint density at radius 1 is 1.16 bits per heavy atom. The smallest absolute Gasteiger partial charge is 0.323 e.